The molecule has 0 saturated heterocycles. The van der Waals surface area contributed by atoms with Crippen LogP contribution < -0.4 is 5.32 Å². The van der Waals surface area contributed by atoms with Crippen LogP contribution in [0, 0.1) is 17.0 Å². The summed E-state index contributed by atoms with van der Waals surface area (Å²) in [6, 6.07) is 12.2. The Kier molecular flexibility index (Phi) is 4.47. The van der Waals surface area contributed by atoms with Crippen LogP contribution in [0.4, 0.5) is 17.2 Å². The van der Waals surface area contributed by atoms with Gasteiger partial charge in [0, 0.05) is 33.8 Å². The number of hydrogen-bond donors (Lipinski definition) is 1. The number of aryl methyl sites for hydroxylation is 1. The zero-order chi connectivity index (χ0) is 19.0. The Morgan fingerprint density at radius 2 is 2.04 bits per heavy atom. The first-order valence-electron chi connectivity index (χ1n) is 8.03. The Balaban J connectivity index is 1.83. The Hall–Kier alpha value is -3.03. The SMILES string of the molecule is Cc1ccc(Nc2ncnc3scc(-c4cccc([N+](=O)[O-])c4)c23)cc1Cl. The summed E-state index contributed by atoms with van der Waals surface area (Å²) in [6.45, 7) is 1.94. The van der Waals surface area contributed by atoms with Gasteiger partial charge in [-0.3, -0.25) is 10.1 Å². The number of nitrogens with one attached hydrogen (secondary N) is 1. The molecule has 0 bridgehead atoms. The molecule has 0 aliphatic carbocycles. The van der Waals surface area contributed by atoms with Crippen molar-refractivity contribution in [2.24, 2.45) is 0 Å². The summed E-state index contributed by atoms with van der Waals surface area (Å²) in [5.41, 5.74) is 3.43. The van der Waals surface area contributed by atoms with Crippen LogP contribution in [-0.4, -0.2) is 14.9 Å². The Labute approximate surface area is 163 Å². The summed E-state index contributed by atoms with van der Waals surface area (Å²) in [6.07, 6.45) is 1.49. The van der Waals surface area contributed by atoms with E-state index >= 15 is 0 Å². The molecule has 134 valence electrons. The molecule has 0 radical (unpaired) electrons. The molecule has 0 aliphatic heterocycles. The molecule has 0 atom stereocenters. The number of hydrogen-bond acceptors (Lipinski definition) is 6. The largest absolute Gasteiger partial charge is 0.340 e. The monoisotopic (exact) mass is 396 g/mol. The van der Waals surface area contributed by atoms with Gasteiger partial charge in [-0.25, -0.2) is 9.97 Å². The molecule has 2 heterocycles. The number of thiophene rings is 1. The fourth-order valence-corrected chi connectivity index (χ4v) is 3.87. The molecular formula is C19H13ClN4O2S. The molecule has 6 nitrogen and oxygen atoms in total. The lowest BCUT2D eigenvalue weighted by Gasteiger charge is -2.09. The van der Waals surface area contributed by atoms with E-state index in [9.17, 15) is 10.1 Å². The van der Waals surface area contributed by atoms with Crippen LogP contribution >= 0.6 is 22.9 Å². The molecule has 2 aromatic carbocycles. The summed E-state index contributed by atoms with van der Waals surface area (Å²) in [5, 5.41) is 17.8. The molecule has 27 heavy (non-hydrogen) atoms. The van der Waals surface area contributed by atoms with Gasteiger partial charge in [-0.15, -0.1) is 11.3 Å². The van der Waals surface area contributed by atoms with Crippen molar-refractivity contribution in [2.45, 2.75) is 6.92 Å². The minimum Gasteiger partial charge on any atom is -0.340 e. The Bertz CT molecular complexity index is 1180. The van der Waals surface area contributed by atoms with Crippen LogP contribution in [0.2, 0.25) is 5.02 Å². The third kappa shape index (κ3) is 3.34. The zero-order valence-electron chi connectivity index (χ0n) is 14.1. The van der Waals surface area contributed by atoms with Crippen LogP contribution in [0.25, 0.3) is 21.3 Å². The molecule has 8 heteroatoms. The van der Waals surface area contributed by atoms with E-state index in [1.165, 1.54) is 23.7 Å². The van der Waals surface area contributed by atoms with E-state index in [0.29, 0.717) is 10.8 Å². The standard InChI is InChI=1S/C19H13ClN4O2S/c1-11-5-6-13(8-16(11)20)23-18-17-15(9-27-19(17)22-10-21-18)12-3-2-4-14(7-12)24(25)26/h2-10H,1H3,(H,21,22,23). The average molecular weight is 397 g/mol. The number of non-ortho nitro benzene ring substituents is 1. The molecule has 1 N–H and O–H groups in total. The second kappa shape index (κ2) is 6.94. The zero-order valence-corrected chi connectivity index (χ0v) is 15.7. The normalized spacial score (nSPS) is 10.9. The van der Waals surface area contributed by atoms with E-state index in [1.807, 2.05) is 36.6 Å². The van der Waals surface area contributed by atoms with Crippen LogP contribution in [0.3, 0.4) is 0 Å². The van der Waals surface area contributed by atoms with Crippen molar-refractivity contribution >= 4 is 50.3 Å². The first-order valence-corrected chi connectivity index (χ1v) is 9.29. The molecule has 0 unspecified atom stereocenters. The molecule has 0 saturated carbocycles. The lowest BCUT2D eigenvalue weighted by molar-refractivity contribution is -0.384. The van der Waals surface area contributed by atoms with Crippen molar-refractivity contribution in [3.05, 3.63) is 74.9 Å². The highest BCUT2D eigenvalue weighted by Gasteiger charge is 2.15. The van der Waals surface area contributed by atoms with E-state index in [-0.39, 0.29) is 5.69 Å². The van der Waals surface area contributed by atoms with Crippen LogP contribution in [0.1, 0.15) is 5.56 Å². The molecule has 4 aromatic rings. The minimum absolute atomic E-state index is 0.0449. The van der Waals surface area contributed by atoms with Gasteiger partial charge in [0.1, 0.15) is 17.0 Å². The van der Waals surface area contributed by atoms with Gasteiger partial charge < -0.3 is 5.32 Å². The minimum atomic E-state index is -0.401. The van der Waals surface area contributed by atoms with Crippen molar-refractivity contribution in [1.29, 1.82) is 0 Å². The Morgan fingerprint density at radius 3 is 2.81 bits per heavy atom. The number of anilines is 2. The van der Waals surface area contributed by atoms with E-state index < -0.39 is 4.92 Å². The maximum Gasteiger partial charge on any atom is 0.270 e. The van der Waals surface area contributed by atoms with Crippen molar-refractivity contribution < 1.29 is 4.92 Å². The number of nitro benzene ring substituents is 1. The van der Waals surface area contributed by atoms with Crippen molar-refractivity contribution in [3.63, 3.8) is 0 Å². The third-order valence-corrected chi connectivity index (χ3v) is 5.47. The number of aromatic nitrogens is 2. The van der Waals surface area contributed by atoms with Gasteiger partial charge in [-0.2, -0.15) is 0 Å². The van der Waals surface area contributed by atoms with Crippen LogP contribution in [-0.2, 0) is 0 Å². The lowest BCUT2D eigenvalue weighted by atomic mass is 10.1. The van der Waals surface area contributed by atoms with E-state index in [4.69, 9.17) is 11.6 Å². The smallest absolute Gasteiger partial charge is 0.270 e. The number of rotatable bonds is 4. The number of nitrogens with zero attached hydrogens (tertiary/aromatic N) is 3. The third-order valence-electron chi connectivity index (χ3n) is 4.17. The highest BCUT2D eigenvalue weighted by molar-refractivity contribution is 7.17. The summed E-state index contributed by atoms with van der Waals surface area (Å²) >= 11 is 7.68. The van der Waals surface area contributed by atoms with Gasteiger partial charge in [0.25, 0.3) is 5.69 Å². The maximum atomic E-state index is 11.1. The van der Waals surface area contributed by atoms with E-state index in [1.54, 1.807) is 12.1 Å². The maximum absolute atomic E-state index is 11.1. The second-order valence-electron chi connectivity index (χ2n) is 5.95. The Morgan fingerprint density at radius 1 is 1.19 bits per heavy atom. The van der Waals surface area contributed by atoms with Crippen molar-refractivity contribution in [2.75, 3.05) is 5.32 Å². The van der Waals surface area contributed by atoms with Gasteiger partial charge in [0.15, 0.2) is 0 Å². The molecule has 0 spiro atoms. The van der Waals surface area contributed by atoms with Gasteiger partial charge in [-0.1, -0.05) is 29.8 Å². The van der Waals surface area contributed by atoms with Gasteiger partial charge >= 0.3 is 0 Å². The van der Waals surface area contributed by atoms with Crippen LogP contribution in [0.15, 0.2) is 54.2 Å². The second-order valence-corrected chi connectivity index (χ2v) is 7.21. The molecule has 0 fully saturated rings. The lowest BCUT2D eigenvalue weighted by Crippen LogP contribution is -1.96. The molecule has 2 aromatic heterocycles. The first kappa shape index (κ1) is 17.4. The molecule has 0 aliphatic rings. The first-order chi connectivity index (χ1) is 13.0. The predicted octanol–water partition coefficient (Wildman–Crippen LogP) is 5.97. The summed E-state index contributed by atoms with van der Waals surface area (Å²) in [7, 11) is 0. The summed E-state index contributed by atoms with van der Waals surface area (Å²) in [5.74, 6) is 0.627. The van der Waals surface area contributed by atoms with Gasteiger partial charge in [-0.05, 0) is 30.2 Å². The number of fused-ring (bicyclic) bond motifs is 1. The fraction of sp³-hybridized carbons (Fsp3) is 0.0526. The highest BCUT2D eigenvalue weighted by atomic mass is 35.5. The van der Waals surface area contributed by atoms with Gasteiger partial charge in [0.2, 0.25) is 0 Å². The molecule has 4 rings (SSSR count). The van der Waals surface area contributed by atoms with Crippen molar-refractivity contribution in [1.82, 2.24) is 9.97 Å². The highest BCUT2D eigenvalue weighted by Crippen LogP contribution is 2.38. The predicted molar refractivity (Wildman–Crippen MR) is 109 cm³/mol. The number of benzene rings is 2. The average Bonchev–Trinajstić information content (AvgIpc) is 3.10. The summed E-state index contributed by atoms with van der Waals surface area (Å²) in [4.78, 5) is 20.2. The van der Waals surface area contributed by atoms with Crippen molar-refractivity contribution in [3.8, 4) is 11.1 Å². The summed E-state index contributed by atoms with van der Waals surface area (Å²) < 4.78 is 0. The number of halogens is 1. The van der Waals surface area contributed by atoms with Gasteiger partial charge in [0.05, 0.1) is 10.3 Å². The van der Waals surface area contributed by atoms with E-state index in [2.05, 4.69) is 15.3 Å². The quantitative estimate of drug-likeness (QED) is 0.339. The number of nitro groups is 1. The fourth-order valence-electron chi connectivity index (χ4n) is 2.78. The topological polar surface area (TPSA) is 81.0 Å². The van der Waals surface area contributed by atoms with Crippen LogP contribution in [0.5, 0.6) is 0 Å². The van der Waals surface area contributed by atoms with E-state index in [0.717, 1.165) is 32.6 Å². The molecular weight excluding hydrogens is 384 g/mol. The molecule has 0 amide bonds.